The molecule has 0 aliphatic carbocycles. The van der Waals surface area contributed by atoms with E-state index in [0.29, 0.717) is 5.56 Å². The molecule has 5 rings (SSSR count). The van der Waals surface area contributed by atoms with Crippen molar-refractivity contribution >= 4 is 21.8 Å². The van der Waals surface area contributed by atoms with E-state index in [1.54, 1.807) is 19.1 Å². The molecular weight excluding hydrogens is 383 g/mol. The summed E-state index contributed by atoms with van der Waals surface area (Å²) < 4.78 is 43.1. The number of hydrogen-bond acceptors (Lipinski definition) is 0. The van der Waals surface area contributed by atoms with Crippen molar-refractivity contribution in [1.29, 1.82) is 0 Å². The summed E-state index contributed by atoms with van der Waals surface area (Å²) in [6, 6.07) is 27.8. The number of aromatic nitrogens is 1. The van der Waals surface area contributed by atoms with Gasteiger partial charge >= 0.3 is 6.18 Å². The van der Waals surface area contributed by atoms with Crippen LogP contribution in [0.2, 0.25) is 0 Å². The summed E-state index contributed by atoms with van der Waals surface area (Å²) in [6.45, 7) is 1.81. The number of rotatable bonds is 2. The second kappa shape index (κ2) is 6.77. The topological polar surface area (TPSA) is 4.93 Å². The van der Waals surface area contributed by atoms with Crippen LogP contribution < -0.4 is 0 Å². The van der Waals surface area contributed by atoms with Gasteiger partial charge in [-0.15, -0.1) is 0 Å². The van der Waals surface area contributed by atoms with Crippen LogP contribution in [0.1, 0.15) is 11.1 Å². The number of alkyl halides is 3. The molecule has 0 atom stereocenters. The number of hydrogen-bond donors (Lipinski definition) is 0. The molecule has 0 saturated heterocycles. The van der Waals surface area contributed by atoms with Crippen molar-refractivity contribution in [2.75, 3.05) is 0 Å². The molecule has 0 unspecified atom stereocenters. The van der Waals surface area contributed by atoms with Crippen molar-refractivity contribution in [2.24, 2.45) is 0 Å². The van der Waals surface area contributed by atoms with Gasteiger partial charge in [0.1, 0.15) is 0 Å². The molecule has 5 aromatic rings. The first-order valence-electron chi connectivity index (χ1n) is 9.70. The maximum atomic E-state index is 13.7. The maximum absolute atomic E-state index is 13.7. The first kappa shape index (κ1) is 18.5. The highest BCUT2D eigenvalue weighted by Gasteiger charge is 2.33. The third-order valence-electron chi connectivity index (χ3n) is 5.48. The van der Waals surface area contributed by atoms with Gasteiger partial charge in [-0.2, -0.15) is 13.2 Å². The average Bonchev–Trinajstić information content (AvgIpc) is 3.07. The van der Waals surface area contributed by atoms with E-state index in [-0.39, 0.29) is 5.56 Å². The van der Waals surface area contributed by atoms with Crippen molar-refractivity contribution in [3.63, 3.8) is 0 Å². The Morgan fingerprint density at radius 2 is 1.30 bits per heavy atom. The van der Waals surface area contributed by atoms with E-state index < -0.39 is 11.7 Å². The lowest BCUT2D eigenvalue weighted by Gasteiger charge is -2.15. The van der Waals surface area contributed by atoms with Gasteiger partial charge < -0.3 is 4.57 Å². The Labute approximate surface area is 172 Å². The molecule has 30 heavy (non-hydrogen) atoms. The highest BCUT2D eigenvalue weighted by atomic mass is 19.4. The molecular formula is C26H18F3N. The minimum absolute atomic E-state index is 0.199. The zero-order valence-corrected chi connectivity index (χ0v) is 16.2. The van der Waals surface area contributed by atoms with Crippen LogP contribution in [0.15, 0.2) is 91.0 Å². The van der Waals surface area contributed by atoms with Gasteiger partial charge in [-0.05, 0) is 48.4 Å². The van der Waals surface area contributed by atoms with E-state index in [2.05, 4.69) is 16.7 Å². The highest BCUT2D eigenvalue weighted by Crippen LogP contribution is 2.39. The molecule has 4 aromatic carbocycles. The summed E-state index contributed by atoms with van der Waals surface area (Å²) in [7, 11) is 0. The number of halogens is 3. The average molecular weight is 401 g/mol. The SMILES string of the molecule is Cc1ccc(C(F)(F)F)c(-c2cccc(-n3c4ccccc4c4ccccc43)c2)c1. The number of fused-ring (bicyclic) bond motifs is 3. The molecule has 1 nitrogen and oxygen atoms in total. The van der Waals surface area contributed by atoms with Crippen LogP contribution in [0.25, 0.3) is 38.6 Å². The first-order valence-corrected chi connectivity index (χ1v) is 9.70. The van der Waals surface area contributed by atoms with E-state index in [9.17, 15) is 13.2 Å². The van der Waals surface area contributed by atoms with Crippen molar-refractivity contribution < 1.29 is 13.2 Å². The Kier molecular flexibility index (Phi) is 4.17. The minimum Gasteiger partial charge on any atom is -0.309 e. The van der Waals surface area contributed by atoms with Gasteiger partial charge in [-0.3, -0.25) is 0 Å². The lowest BCUT2D eigenvalue weighted by Crippen LogP contribution is -2.07. The Balaban J connectivity index is 1.78. The molecule has 0 bridgehead atoms. The van der Waals surface area contributed by atoms with E-state index in [1.165, 1.54) is 6.07 Å². The van der Waals surface area contributed by atoms with Crippen LogP contribution in [-0.2, 0) is 6.18 Å². The van der Waals surface area contributed by atoms with E-state index in [4.69, 9.17) is 0 Å². The van der Waals surface area contributed by atoms with Crippen LogP contribution in [0.3, 0.4) is 0 Å². The fourth-order valence-corrected chi connectivity index (χ4v) is 4.16. The van der Waals surface area contributed by atoms with Gasteiger partial charge in [0.2, 0.25) is 0 Å². The number of benzene rings is 4. The summed E-state index contributed by atoms with van der Waals surface area (Å²) >= 11 is 0. The molecule has 1 aromatic heterocycles. The Bertz CT molecular complexity index is 1340. The van der Waals surface area contributed by atoms with Gasteiger partial charge in [0.25, 0.3) is 0 Å². The molecule has 0 N–H and O–H groups in total. The molecule has 148 valence electrons. The molecule has 0 aliphatic rings. The predicted octanol–water partition coefficient (Wildman–Crippen LogP) is 7.78. The van der Waals surface area contributed by atoms with Crippen molar-refractivity contribution in [1.82, 2.24) is 4.57 Å². The standard InChI is InChI=1S/C26H18F3N/c1-17-13-14-23(26(27,28)29)22(15-17)18-7-6-8-19(16-18)30-24-11-4-2-9-20(24)21-10-3-5-12-25(21)30/h2-16H,1H3. The maximum Gasteiger partial charge on any atom is 0.417 e. The number of aryl methyl sites for hydroxylation is 1. The molecule has 0 amide bonds. The van der Waals surface area contributed by atoms with Gasteiger partial charge in [0.05, 0.1) is 16.6 Å². The molecule has 0 fully saturated rings. The summed E-state index contributed by atoms with van der Waals surface area (Å²) in [5.74, 6) is 0. The fourth-order valence-electron chi connectivity index (χ4n) is 4.16. The normalized spacial score (nSPS) is 12.0. The lowest BCUT2D eigenvalue weighted by atomic mass is 9.97. The van der Waals surface area contributed by atoms with E-state index >= 15 is 0 Å². The largest absolute Gasteiger partial charge is 0.417 e. The summed E-state index contributed by atoms with van der Waals surface area (Å²) in [4.78, 5) is 0. The second-order valence-electron chi connectivity index (χ2n) is 7.47. The van der Waals surface area contributed by atoms with Crippen molar-refractivity contribution in [2.45, 2.75) is 13.1 Å². The van der Waals surface area contributed by atoms with Gasteiger partial charge in [-0.25, -0.2) is 0 Å². The predicted molar refractivity (Wildman–Crippen MR) is 116 cm³/mol. The number of para-hydroxylation sites is 2. The third kappa shape index (κ3) is 2.96. The molecule has 0 radical (unpaired) electrons. The monoisotopic (exact) mass is 401 g/mol. The molecule has 4 heteroatoms. The first-order chi connectivity index (χ1) is 14.4. The zero-order chi connectivity index (χ0) is 20.9. The van der Waals surface area contributed by atoms with E-state index in [1.807, 2.05) is 54.6 Å². The van der Waals surface area contributed by atoms with E-state index in [0.717, 1.165) is 39.1 Å². The number of nitrogens with zero attached hydrogens (tertiary/aromatic N) is 1. The molecule has 0 spiro atoms. The third-order valence-corrected chi connectivity index (χ3v) is 5.48. The van der Waals surface area contributed by atoms with Crippen LogP contribution >= 0.6 is 0 Å². The quantitative estimate of drug-likeness (QED) is 0.285. The summed E-state index contributed by atoms with van der Waals surface area (Å²) in [5, 5.41) is 2.23. The van der Waals surface area contributed by atoms with Crippen LogP contribution in [0.4, 0.5) is 13.2 Å². The lowest BCUT2D eigenvalue weighted by molar-refractivity contribution is -0.137. The Morgan fingerprint density at radius 3 is 1.93 bits per heavy atom. The Hall–Kier alpha value is -3.53. The van der Waals surface area contributed by atoms with Crippen LogP contribution in [0.5, 0.6) is 0 Å². The van der Waals surface area contributed by atoms with Gasteiger partial charge in [0.15, 0.2) is 0 Å². The molecule has 0 aliphatic heterocycles. The van der Waals surface area contributed by atoms with Crippen molar-refractivity contribution in [3.05, 3.63) is 102 Å². The van der Waals surface area contributed by atoms with Crippen LogP contribution in [0, 0.1) is 6.92 Å². The zero-order valence-electron chi connectivity index (χ0n) is 16.2. The molecule has 1 heterocycles. The van der Waals surface area contributed by atoms with Crippen molar-refractivity contribution in [3.8, 4) is 16.8 Å². The van der Waals surface area contributed by atoms with Gasteiger partial charge in [0, 0.05) is 16.5 Å². The summed E-state index contributed by atoms with van der Waals surface area (Å²) in [6.07, 6.45) is -4.41. The Morgan fingerprint density at radius 1 is 0.667 bits per heavy atom. The minimum atomic E-state index is -4.41. The highest BCUT2D eigenvalue weighted by molar-refractivity contribution is 6.09. The van der Waals surface area contributed by atoms with Gasteiger partial charge in [-0.1, -0.05) is 66.2 Å². The smallest absolute Gasteiger partial charge is 0.309 e. The second-order valence-corrected chi connectivity index (χ2v) is 7.47. The molecule has 0 saturated carbocycles. The fraction of sp³-hybridized carbons (Fsp3) is 0.0769. The summed E-state index contributed by atoms with van der Waals surface area (Å²) in [5.41, 5.74) is 3.80. The van der Waals surface area contributed by atoms with Crippen LogP contribution in [-0.4, -0.2) is 4.57 Å².